The molecule has 3 nitrogen and oxygen atoms in total. The van der Waals surface area contributed by atoms with Crippen LogP contribution in [0.4, 0.5) is 5.95 Å². The lowest BCUT2D eigenvalue weighted by Crippen LogP contribution is -2.04. The van der Waals surface area contributed by atoms with Crippen LogP contribution in [0, 0.1) is 11.3 Å². The first-order valence-electron chi connectivity index (χ1n) is 4.57. The van der Waals surface area contributed by atoms with E-state index < -0.39 is 0 Å². The largest absolute Gasteiger partial charge is 0.369 e. The Balaban J connectivity index is 1.72. The van der Waals surface area contributed by atoms with Crippen molar-refractivity contribution in [1.82, 2.24) is 9.55 Å². The lowest BCUT2D eigenvalue weighted by molar-refractivity contribution is 0.579. The van der Waals surface area contributed by atoms with E-state index in [-0.39, 0.29) is 0 Å². The zero-order chi connectivity index (χ0) is 8.18. The van der Waals surface area contributed by atoms with E-state index in [1.165, 1.54) is 19.3 Å². The molecule has 1 heterocycles. The van der Waals surface area contributed by atoms with Crippen molar-refractivity contribution in [2.75, 3.05) is 5.73 Å². The third-order valence-electron chi connectivity index (χ3n) is 3.42. The molecule has 3 heteroatoms. The Morgan fingerprint density at radius 2 is 2.50 bits per heavy atom. The predicted molar refractivity (Wildman–Crippen MR) is 46.4 cm³/mol. The van der Waals surface area contributed by atoms with Crippen LogP contribution in [0.25, 0.3) is 0 Å². The van der Waals surface area contributed by atoms with Gasteiger partial charge in [-0.05, 0) is 30.6 Å². The minimum Gasteiger partial charge on any atom is -0.369 e. The van der Waals surface area contributed by atoms with Gasteiger partial charge in [0.15, 0.2) is 5.95 Å². The van der Waals surface area contributed by atoms with Crippen molar-refractivity contribution >= 4 is 5.95 Å². The highest BCUT2D eigenvalue weighted by Crippen LogP contribution is 2.71. The van der Waals surface area contributed by atoms with Gasteiger partial charge in [0, 0.05) is 18.9 Å². The van der Waals surface area contributed by atoms with Crippen LogP contribution >= 0.6 is 0 Å². The number of aromatic nitrogens is 2. The summed E-state index contributed by atoms with van der Waals surface area (Å²) in [4.78, 5) is 4.01. The van der Waals surface area contributed by atoms with Gasteiger partial charge in [-0.2, -0.15) is 0 Å². The van der Waals surface area contributed by atoms with Crippen LogP contribution in [0.5, 0.6) is 0 Å². The first-order chi connectivity index (χ1) is 5.80. The molecule has 2 aliphatic carbocycles. The SMILES string of the molecule is Nc1nccn1CC1CC12CC2. The Labute approximate surface area is 71.6 Å². The van der Waals surface area contributed by atoms with Gasteiger partial charge in [0.25, 0.3) is 0 Å². The Kier molecular flexibility index (Phi) is 1.000. The average molecular weight is 163 g/mol. The van der Waals surface area contributed by atoms with E-state index in [1.54, 1.807) is 6.20 Å². The van der Waals surface area contributed by atoms with Gasteiger partial charge in [0.05, 0.1) is 0 Å². The van der Waals surface area contributed by atoms with Crippen molar-refractivity contribution in [3.8, 4) is 0 Å². The van der Waals surface area contributed by atoms with Crippen LogP contribution in [0.2, 0.25) is 0 Å². The highest BCUT2D eigenvalue weighted by Gasteiger charge is 2.62. The predicted octanol–water partition coefficient (Wildman–Crippen LogP) is 1.27. The molecular weight excluding hydrogens is 150 g/mol. The maximum atomic E-state index is 5.68. The van der Waals surface area contributed by atoms with Gasteiger partial charge in [0.2, 0.25) is 0 Å². The maximum absolute atomic E-state index is 5.68. The summed E-state index contributed by atoms with van der Waals surface area (Å²) >= 11 is 0. The molecule has 2 aliphatic rings. The number of nitrogen functional groups attached to an aromatic ring is 1. The molecular formula is C9H13N3. The molecule has 1 aromatic heterocycles. The molecule has 12 heavy (non-hydrogen) atoms. The molecule has 0 amide bonds. The molecule has 1 atom stereocenters. The summed E-state index contributed by atoms with van der Waals surface area (Å²) < 4.78 is 2.07. The van der Waals surface area contributed by atoms with Gasteiger partial charge in [0.1, 0.15) is 0 Å². The fourth-order valence-corrected chi connectivity index (χ4v) is 2.20. The minimum atomic E-state index is 0.665. The lowest BCUT2D eigenvalue weighted by Gasteiger charge is -2.02. The van der Waals surface area contributed by atoms with E-state index >= 15 is 0 Å². The second-order valence-electron chi connectivity index (χ2n) is 4.20. The lowest BCUT2D eigenvalue weighted by atomic mass is 10.3. The van der Waals surface area contributed by atoms with Crippen molar-refractivity contribution in [2.45, 2.75) is 25.8 Å². The summed E-state index contributed by atoms with van der Waals surface area (Å²) in [7, 11) is 0. The van der Waals surface area contributed by atoms with Crippen LogP contribution < -0.4 is 5.73 Å². The molecule has 2 fully saturated rings. The minimum absolute atomic E-state index is 0.665. The molecule has 1 aromatic rings. The van der Waals surface area contributed by atoms with E-state index in [2.05, 4.69) is 9.55 Å². The summed E-state index contributed by atoms with van der Waals surface area (Å²) in [6.07, 6.45) is 8.07. The fraction of sp³-hybridized carbons (Fsp3) is 0.667. The zero-order valence-electron chi connectivity index (χ0n) is 7.03. The van der Waals surface area contributed by atoms with Crippen molar-refractivity contribution < 1.29 is 0 Å². The van der Waals surface area contributed by atoms with E-state index in [0.29, 0.717) is 5.95 Å². The first kappa shape index (κ1) is 6.52. The highest BCUT2D eigenvalue weighted by atomic mass is 15.1. The van der Waals surface area contributed by atoms with Gasteiger partial charge in [-0.1, -0.05) is 0 Å². The number of hydrogen-bond donors (Lipinski definition) is 1. The molecule has 2 N–H and O–H groups in total. The van der Waals surface area contributed by atoms with Crippen LogP contribution in [0.3, 0.4) is 0 Å². The van der Waals surface area contributed by atoms with E-state index in [4.69, 9.17) is 5.73 Å². The molecule has 0 aromatic carbocycles. The van der Waals surface area contributed by atoms with Gasteiger partial charge < -0.3 is 10.3 Å². The molecule has 3 rings (SSSR count). The molecule has 1 unspecified atom stereocenters. The summed E-state index contributed by atoms with van der Waals surface area (Å²) in [5.74, 6) is 1.56. The van der Waals surface area contributed by atoms with Gasteiger partial charge in [-0.15, -0.1) is 0 Å². The normalized spacial score (nSPS) is 29.2. The second kappa shape index (κ2) is 1.84. The molecule has 0 bridgehead atoms. The van der Waals surface area contributed by atoms with Crippen molar-refractivity contribution in [3.05, 3.63) is 12.4 Å². The summed E-state index contributed by atoms with van der Waals surface area (Å²) in [6.45, 7) is 1.09. The monoisotopic (exact) mass is 163 g/mol. The Hall–Kier alpha value is -0.990. The van der Waals surface area contributed by atoms with Crippen LogP contribution in [0.15, 0.2) is 12.4 Å². The van der Waals surface area contributed by atoms with Crippen molar-refractivity contribution in [2.24, 2.45) is 11.3 Å². The van der Waals surface area contributed by atoms with Gasteiger partial charge in [-0.25, -0.2) is 4.98 Å². The first-order valence-corrected chi connectivity index (χ1v) is 4.57. The number of imidazole rings is 1. The molecule has 2 saturated carbocycles. The standard InChI is InChI=1S/C9H13N3/c10-8-11-3-4-12(8)6-7-5-9(7)1-2-9/h3-4,7H,1-2,5-6H2,(H2,10,11). The number of nitrogens with zero attached hydrogens (tertiary/aromatic N) is 2. The number of hydrogen-bond acceptors (Lipinski definition) is 2. The van der Waals surface area contributed by atoms with E-state index in [0.717, 1.165) is 17.9 Å². The average Bonchev–Trinajstić information content (AvgIpc) is 2.91. The van der Waals surface area contributed by atoms with E-state index in [9.17, 15) is 0 Å². The van der Waals surface area contributed by atoms with Gasteiger partial charge >= 0.3 is 0 Å². The molecule has 1 spiro atoms. The Bertz CT molecular complexity index is 311. The smallest absolute Gasteiger partial charge is 0.200 e. The van der Waals surface area contributed by atoms with Crippen LogP contribution in [-0.4, -0.2) is 9.55 Å². The second-order valence-corrected chi connectivity index (χ2v) is 4.20. The quantitative estimate of drug-likeness (QED) is 0.713. The third kappa shape index (κ3) is 0.792. The highest BCUT2D eigenvalue weighted by molar-refractivity contribution is 5.19. The third-order valence-corrected chi connectivity index (χ3v) is 3.42. The summed E-state index contributed by atoms with van der Waals surface area (Å²) in [5.41, 5.74) is 6.45. The van der Waals surface area contributed by atoms with E-state index in [1.807, 2.05) is 6.20 Å². The fourth-order valence-electron chi connectivity index (χ4n) is 2.20. The summed E-state index contributed by atoms with van der Waals surface area (Å²) in [5, 5.41) is 0. The van der Waals surface area contributed by atoms with Crippen LogP contribution in [0.1, 0.15) is 19.3 Å². The van der Waals surface area contributed by atoms with Crippen molar-refractivity contribution in [3.63, 3.8) is 0 Å². The summed E-state index contributed by atoms with van der Waals surface area (Å²) in [6, 6.07) is 0. The van der Waals surface area contributed by atoms with Crippen LogP contribution in [-0.2, 0) is 6.54 Å². The Morgan fingerprint density at radius 3 is 3.00 bits per heavy atom. The molecule has 0 saturated heterocycles. The Morgan fingerprint density at radius 1 is 1.67 bits per heavy atom. The van der Waals surface area contributed by atoms with Crippen molar-refractivity contribution in [1.29, 1.82) is 0 Å². The maximum Gasteiger partial charge on any atom is 0.200 e. The molecule has 64 valence electrons. The zero-order valence-corrected chi connectivity index (χ0v) is 7.03. The van der Waals surface area contributed by atoms with Gasteiger partial charge in [-0.3, -0.25) is 0 Å². The number of nitrogens with two attached hydrogens (primary N) is 1. The molecule has 0 radical (unpaired) electrons. The topological polar surface area (TPSA) is 43.8 Å². The number of anilines is 1. The molecule has 0 aliphatic heterocycles. The number of rotatable bonds is 2.